The Hall–Kier alpha value is -3.75. The normalized spacial score (nSPS) is 12.4. The van der Waals surface area contributed by atoms with Crippen molar-refractivity contribution in [3.63, 3.8) is 0 Å². The van der Waals surface area contributed by atoms with Gasteiger partial charge in [-0.15, -0.1) is 0 Å². The number of aromatic hydroxyl groups is 1. The van der Waals surface area contributed by atoms with Gasteiger partial charge in [0.1, 0.15) is 11.0 Å². The lowest BCUT2D eigenvalue weighted by atomic mass is 10.1. The molecule has 0 spiro atoms. The summed E-state index contributed by atoms with van der Waals surface area (Å²) < 4.78 is 2.86. The van der Waals surface area contributed by atoms with Gasteiger partial charge in [-0.3, -0.25) is 4.68 Å². The Bertz CT molecular complexity index is 1160. The number of hydrogen-bond donors (Lipinski definition) is 2. The second-order valence-corrected chi connectivity index (χ2v) is 6.24. The minimum absolute atomic E-state index is 0.00181. The van der Waals surface area contributed by atoms with E-state index in [-0.39, 0.29) is 23.4 Å². The van der Waals surface area contributed by atoms with Gasteiger partial charge in [0.15, 0.2) is 0 Å². The third kappa shape index (κ3) is 2.88. The second kappa shape index (κ2) is 6.20. The molecule has 0 unspecified atom stereocenters. The van der Waals surface area contributed by atoms with Gasteiger partial charge in [0.2, 0.25) is 5.88 Å². The molecule has 1 atom stereocenters. The molecule has 2 N–H and O–H groups in total. The first-order valence-corrected chi connectivity index (χ1v) is 8.23. The van der Waals surface area contributed by atoms with E-state index in [1.54, 1.807) is 4.68 Å². The summed E-state index contributed by atoms with van der Waals surface area (Å²) in [4.78, 5) is 19.4. The standard InChI is InChI=1S/C18H16N6O3/c1-10-4-3-5-12(6-10)11(2)24-15-14(8-20-24)21-18(22-16(15)25)23-9-13(7-19-23)17(26)27/h3-9,11H,1-2H3,(H,26,27)(H,21,22,25)/t11-/m0/s1. The first-order chi connectivity index (χ1) is 12.9. The van der Waals surface area contributed by atoms with E-state index in [9.17, 15) is 9.90 Å². The molecule has 0 amide bonds. The van der Waals surface area contributed by atoms with Crippen molar-refractivity contribution in [3.8, 4) is 11.8 Å². The van der Waals surface area contributed by atoms with Crippen molar-refractivity contribution in [1.82, 2.24) is 29.5 Å². The third-order valence-electron chi connectivity index (χ3n) is 4.34. The largest absolute Gasteiger partial charge is 0.492 e. The lowest BCUT2D eigenvalue weighted by molar-refractivity contribution is 0.0697. The number of carboxylic acid groups (broad SMARTS) is 1. The van der Waals surface area contributed by atoms with Crippen LogP contribution in [0.25, 0.3) is 17.0 Å². The van der Waals surface area contributed by atoms with Crippen molar-refractivity contribution >= 4 is 17.0 Å². The molecule has 9 heteroatoms. The van der Waals surface area contributed by atoms with Gasteiger partial charge in [0.25, 0.3) is 5.95 Å². The molecule has 0 saturated heterocycles. The van der Waals surface area contributed by atoms with E-state index in [0.717, 1.165) is 11.1 Å². The van der Waals surface area contributed by atoms with Gasteiger partial charge in [-0.05, 0) is 19.4 Å². The van der Waals surface area contributed by atoms with Crippen molar-refractivity contribution in [2.75, 3.05) is 0 Å². The number of benzene rings is 1. The zero-order valence-corrected chi connectivity index (χ0v) is 14.6. The zero-order valence-electron chi connectivity index (χ0n) is 14.6. The van der Waals surface area contributed by atoms with Crippen LogP contribution in [0, 0.1) is 6.92 Å². The van der Waals surface area contributed by atoms with Crippen LogP contribution in [0.1, 0.15) is 34.5 Å². The van der Waals surface area contributed by atoms with E-state index >= 15 is 0 Å². The molecule has 4 rings (SSSR count). The van der Waals surface area contributed by atoms with Crippen molar-refractivity contribution < 1.29 is 15.0 Å². The summed E-state index contributed by atoms with van der Waals surface area (Å²) in [5.41, 5.74) is 3.01. The smallest absolute Gasteiger partial charge is 0.338 e. The van der Waals surface area contributed by atoms with E-state index in [1.165, 1.54) is 23.3 Å². The predicted octanol–water partition coefficient (Wildman–Crippen LogP) is 2.33. The highest BCUT2D eigenvalue weighted by molar-refractivity contribution is 5.87. The van der Waals surface area contributed by atoms with Crippen molar-refractivity contribution in [2.45, 2.75) is 19.9 Å². The maximum atomic E-state index is 11.0. The molecular formula is C18H16N6O3. The number of carbonyl (C=O) groups is 1. The molecular weight excluding hydrogens is 348 g/mol. The van der Waals surface area contributed by atoms with Crippen molar-refractivity contribution in [3.05, 3.63) is 59.5 Å². The Morgan fingerprint density at radius 2 is 2.00 bits per heavy atom. The topological polar surface area (TPSA) is 119 Å². The molecule has 0 saturated carbocycles. The minimum atomic E-state index is -1.11. The van der Waals surface area contributed by atoms with Crippen LogP contribution in [-0.2, 0) is 0 Å². The molecule has 0 aliphatic heterocycles. The lowest BCUT2D eigenvalue weighted by Gasteiger charge is -2.15. The van der Waals surface area contributed by atoms with Crippen LogP contribution < -0.4 is 0 Å². The number of aromatic carboxylic acids is 1. The van der Waals surface area contributed by atoms with Gasteiger partial charge in [0.05, 0.1) is 24.0 Å². The first-order valence-electron chi connectivity index (χ1n) is 8.23. The summed E-state index contributed by atoms with van der Waals surface area (Å²) >= 11 is 0. The Balaban J connectivity index is 1.78. The molecule has 27 heavy (non-hydrogen) atoms. The molecule has 0 fully saturated rings. The Morgan fingerprint density at radius 3 is 2.70 bits per heavy atom. The number of aromatic nitrogens is 6. The predicted molar refractivity (Wildman–Crippen MR) is 96.1 cm³/mol. The number of nitrogens with zero attached hydrogens (tertiary/aromatic N) is 6. The summed E-state index contributed by atoms with van der Waals surface area (Å²) in [5, 5.41) is 27.8. The number of carboxylic acids is 1. The Morgan fingerprint density at radius 1 is 1.19 bits per heavy atom. The Labute approximate surface area is 153 Å². The van der Waals surface area contributed by atoms with E-state index < -0.39 is 5.97 Å². The fourth-order valence-corrected chi connectivity index (χ4v) is 2.94. The van der Waals surface area contributed by atoms with Gasteiger partial charge in [-0.2, -0.15) is 15.2 Å². The van der Waals surface area contributed by atoms with Crippen LogP contribution in [-0.4, -0.2) is 45.7 Å². The summed E-state index contributed by atoms with van der Waals surface area (Å²) in [6.45, 7) is 3.99. The number of aryl methyl sites for hydroxylation is 1. The third-order valence-corrected chi connectivity index (χ3v) is 4.34. The lowest BCUT2D eigenvalue weighted by Crippen LogP contribution is -2.09. The quantitative estimate of drug-likeness (QED) is 0.570. The number of fused-ring (bicyclic) bond motifs is 1. The summed E-state index contributed by atoms with van der Waals surface area (Å²) in [6, 6.07) is 7.90. The average Bonchev–Trinajstić information content (AvgIpc) is 3.28. The highest BCUT2D eigenvalue weighted by Gasteiger charge is 2.19. The zero-order chi connectivity index (χ0) is 19.1. The SMILES string of the molecule is Cc1cccc([C@H](C)n2ncc3nc(-n4cc(C(=O)O)cn4)nc(O)c32)c1. The van der Waals surface area contributed by atoms with Crippen molar-refractivity contribution in [2.24, 2.45) is 0 Å². The van der Waals surface area contributed by atoms with Crippen LogP contribution in [0.3, 0.4) is 0 Å². The van der Waals surface area contributed by atoms with Gasteiger partial charge in [0, 0.05) is 6.20 Å². The average molecular weight is 364 g/mol. The molecule has 9 nitrogen and oxygen atoms in total. The van der Waals surface area contributed by atoms with Gasteiger partial charge < -0.3 is 10.2 Å². The monoisotopic (exact) mass is 364 g/mol. The Kier molecular flexibility index (Phi) is 3.84. The minimum Gasteiger partial charge on any atom is -0.492 e. The van der Waals surface area contributed by atoms with E-state index in [0.29, 0.717) is 11.0 Å². The van der Waals surface area contributed by atoms with Crippen molar-refractivity contribution in [1.29, 1.82) is 0 Å². The summed E-state index contributed by atoms with van der Waals surface area (Å²) in [7, 11) is 0. The molecule has 4 aromatic rings. The molecule has 3 heterocycles. The molecule has 1 aromatic carbocycles. The molecule has 0 bridgehead atoms. The fourth-order valence-electron chi connectivity index (χ4n) is 2.94. The molecule has 0 aliphatic rings. The number of rotatable bonds is 4. The maximum absolute atomic E-state index is 11.0. The molecule has 136 valence electrons. The van der Waals surface area contributed by atoms with Gasteiger partial charge >= 0.3 is 5.97 Å². The highest BCUT2D eigenvalue weighted by atomic mass is 16.4. The van der Waals surface area contributed by atoms with Gasteiger partial charge in [-0.1, -0.05) is 29.8 Å². The van der Waals surface area contributed by atoms with Crippen LogP contribution in [0.5, 0.6) is 5.88 Å². The van der Waals surface area contributed by atoms with Gasteiger partial charge in [-0.25, -0.2) is 14.5 Å². The fraction of sp³-hybridized carbons (Fsp3) is 0.167. The van der Waals surface area contributed by atoms with Crippen LogP contribution >= 0.6 is 0 Å². The highest BCUT2D eigenvalue weighted by Crippen LogP contribution is 2.28. The van der Waals surface area contributed by atoms with E-state index in [2.05, 4.69) is 26.2 Å². The molecule has 0 aliphatic carbocycles. The molecule has 0 radical (unpaired) electrons. The van der Waals surface area contributed by atoms with Crippen LogP contribution in [0.2, 0.25) is 0 Å². The van der Waals surface area contributed by atoms with E-state index in [4.69, 9.17) is 5.11 Å². The first kappa shape index (κ1) is 16.7. The van der Waals surface area contributed by atoms with E-state index in [1.807, 2.05) is 32.0 Å². The number of hydrogen-bond acceptors (Lipinski definition) is 6. The summed E-state index contributed by atoms with van der Waals surface area (Å²) in [6.07, 6.45) is 4.01. The van der Waals surface area contributed by atoms with Crippen LogP contribution in [0.15, 0.2) is 42.9 Å². The van der Waals surface area contributed by atoms with Crippen LogP contribution in [0.4, 0.5) is 0 Å². The maximum Gasteiger partial charge on any atom is 0.338 e. The second-order valence-electron chi connectivity index (χ2n) is 6.24. The molecule has 3 aromatic heterocycles. The summed E-state index contributed by atoms with van der Waals surface area (Å²) in [5.74, 6) is -1.29.